The van der Waals surface area contributed by atoms with E-state index in [1.807, 2.05) is 47.4 Å². The van der Waals surface area contributed by atoms with E-state index in [0.717, 1.165) is 23.1 Å². The number of amides is 1. The molecule has 1 unspecified atom stereocenters. The third kappa shape index (κ3) is 3.71. The van der Waals surface area contributed by atoms with Crippen LogP contribution in [0.15, 0.2) is 71.9 Å². The lowest BCUT2D eigenvalue weighted by atomic mass is 9.97. The Kier molecular flexibility index (Phi) is 5.03. The van der Waals surface area contributed by atoms with Crippen LogP contribution in [0.5, 0.6) is 0 Å². The number of carbonyl (C=O) groups is 1. The lowest BCUT2D eigenvalue weighted by Gasteiger charge is -2.24. The van der Waals surface area contributed by atoms with Gasteiger partial charge in [-0.2, -0.15) is 0 Å². The van der Waals surface area contributed by atoms with Crippen LogP contribution in [0.1, 0.15) is 15.9 Å². The van der Waals surface area contributed by atoms with Crippen LogP contribution in [-0.4, -0.2) is 51.9 Å². The molecule has 2 aromatic heterocycles. The molecule has 1 aliphatic rings. The summed E-state index contributed by atoms with van der Waals surface area (Å²) < 4.78 is 13.1. The van der Waals surface area contributed by atoms with Crippen LogP contribution in [0.3, 0.4) is 0 Å². The first kappa shape index (κ1) is 18.6. The SMILES string of the molecule is O=C(c1cccc(-n2cnnc2)c1)N1CCOCC(Cc2cccc3occc23)C1. The zero-order chi connectivity index (χ0) is 20.3. The highest BCUT2D eigenvalue weighted by Crippen LogP contribution is 2.24. The second kappa shape index (κ2) is 8.12. The van der Waals surface area contributed by atoms with Gasteiger partial charge in [-0.05, 0) is 42.3 Å². The van der Waals surface area contributed by atoms with Crippen LogP contribution in [0.25, 0.3) is 16.7 Å². The van der Waals surface area contributed by atoms with Gasteiger partial charge in [0.15, 0.2) is 0 Å². The van der Waals surface area contributed by atoms with Crippen LogP contribution < -0.4 is 0 Å². The van der Waals surface area contributed by atoms with Crippen molar-refractivity contribution >= 4 is 16.9 Å². The summed E-state index contributed by atoms with van der Waals surface area (Å²) >= 11 is 0. The first-order valence-corrected chi connectivity index (χ1v) is 10.0. The highest BCUT2D eigenvalue weighted by Gasteiger charge is 2.24. The number of furan rings is 1. The normalized spacial score (nSPS) is 17.2. The lowest BCUT2D eigenvalue weighted by molar-refractivity contribution is 0.0737. The topological polar surface area (TPSA) is 73.4 Å². The Morgan fingerprint density at radius 2 is 1.97 bits per heavy atom. The number of rotatable bonds is 4. The van der Waals surface area contributed by atoms with Crippen LogP contribution in [-0.2, 0) is 11.2 Å². The standard InChI is InChI=1S/C23H22N4O3/c28-23(19-4-1-5-20(12-19)27-15-24-25-16-27)26-8-10-29-14-17(13-26)11-18-3-2-6-22-21(18)7-9-30-22/h1-7,9,12,15-17H,8,10-11,13-14H2. The molecule has 0 saturated carbocycles. The summed E-state index contributed by atoms with van der Waals surface area (Å²) in [7, 11) is 0. The third-order valence-electron chi connectivity index (χ3n) is 5.53. The van der Waals surface area contributed by atoms with E-state index in [1.165, 1.54) is 5.56 Å². The largest absolute Gasteiger partial charge is 0.464 e. The summed E-state index contributed by atoms with van der Waals surface area (Å²) in [5.41, 5.74) is 3.62. The minimum Gasteiger partial charge on any atom is -0.464 e. The monoisotopic (exact) mass is 402 g/mol. The molecule has 0 bridgehead atoms. The molecule has 0 aliphatic carbocycles. The number of ether oxygens (including phenoxy) is 1. The Hall–Kier alpha value is -3.45. The molecule has 0 N–H and O–H groups in total. The molecule has 1 fully saturated rings. The average Bonchev–Trinajstić information content (AvgIpc) is 3.43. The van der Waals surface area contributed by atoms with Crippen molar-refractivity contribution < 1.29 is 13.9 Å². The van der Waals surface area contributed by atoms with Gasteiger partial charge in [0.25, 0.3) is 5.91 Å². The smallest absolute Gasteiger partial charge is 0.254 e. The molecule has 1 amide bonds. The molecule has 30 heavy (non-hydrogen) atoms. The van der Waals surface area contributed by atoms with Crippen molar-refractivity contribution in [2.24, 2.45) is 5.92 Å². The first-order chi connectivity index (χ1) is 14.8. The van der Waals surface area contributed by atoms with E-state index in [0.29, 0.717) is 31.9 Å². The van der Waals surface area contributed by atoms with Crippen molar-refractivity contribution in [1.82, 2.24) is 19.7 Å². The van der Waals surface area contributed by atoms with Gasteiger partial charge in [-0.15, -0.1) is 10.2 Å². The first-order valence-electron chi connectivity index (χ1n) is 10.0. The summed E-state index contributed by atoms with van der Waals surface area (Å²) in [6.07, 6.45) is 5.80. The summed E-state index contributed by atoms with van der Waals surface area (Å²) in [6, 6.07) is 15.6. The van der Waals surface area contributed by atoms with Crippen LogP contribution in [0.4, 0.5) is 0 Å². The average molecular weight is 402 g/mol. The van der Waals surface area contributed by atoms with Crippen LogP contribution >= 0.6 is 0 Å². The Balaban J connectivity index is 1.35. The molecule has 7 heteroatoms. The molecule has 0 radical (unpaired) electrons. The second-order valence-electron chi connectivity index (χ2n) is 7.57. The van der Waals surface area contributed by atoms with Gasteiger partial charge in [0, 0.05) is 35.6 Å². The van der Waals surface area contributed by atoms with Gasteiger partial charge in [0.05, 0.1) is 19.5 Å². The summed E-state index contributed by atoms with van der Waals surface area (Å²) in [4.78, 5) is 15.2. The fourth-order valence-electron chi connectivity index (χ4n) is 4.05. The van der Waals surface area contributed by atoms with Gasteiger partial charge in [0.1, 0.15) is 18.2 Å². The predicted molar refractivity (Wildman–Crippen MR) is 111 cm³/mol. The maximum absolute atomic E-state index is 13.3. The predicted octanol–water partition coefficient (Wildman–Crippen LogP) is 3.34. The highest BCUT2D eigenvalue weighted by atomic mass is 16.5. The molecule has 152 valence electrons. The number of carbonyl (C=O) groups excluding carboxylic acids is 1. The maximum Gasteiger partial charge on any atom is 0.254 e. The minimum absolute atomic E-state index is 0.0157. The minimum atomic E-state index is 0.0157. The van der Waals surface area contributed by atoms with Gasteiger partial charge in [0.2, 0.25) is 0 Å². The van der Waals surface area contributed by atoms with Crippen molar-refractivity contribution in [1.29, 1.82) is 0 Å². The Morgan fingerprint density at radius 1 is 1.10 bits per heavy atom. The highest BCUT2D eigenvalue weighted by molar-refractivity contribution is 5.94. The lowest BCUT2D eigenvalue weighted by Crippen LogP contribution is -2.36. The van der Waals surface area contributed by atoms with E-state index in [4.69, 9.17) is 9.15 Å². The second-order valence-corrected chi connectivity index (χ2v) is 7.57. The molecule has 4 aromatic rings. The molecule has 1 aliphatic heterocycles. The summed E-state index contributed by atoms with van der Waals surface area (Å²) in [5, 5.41) is 8.80. The Morgan fingerprint density at radius 3 is 2.87 bits per heavy atom. The van der Waals surface area contributed by atoms with E-state index in [-0.39, 0.29) is 11.8 Å². The van der Waals surface area contributed by atoms with E-state index < -0.39 is 0 Å². The van der Waals surface area contributed by atoms with Crippen molar-refractivity contribution in [3.63, 3.8) is 0 Å². The number of hydrogen-bond acceptors (Lipinski definition) is 5. The molecular formula is C23H22N4O3. The zero-order valence-electron chi connectivity index (χ0n) is 16.5. The van der Waals surface area contributed by atoms with Gasteiger partial charge in [-0.25, -0.2) is 0 Å². The maximum atomic E-state index is 13.3. The van der Waals surface area contributed by atoms with E-state index in [9.17, 15) is 4.79 Å². The molecule has 1 saturated heterocycles. The van der Waals surface area contributed by atoms with E-state index in [1.54, 1.807) is 23.5 Å². The van der Waals surface area contributed by atoms with Crippen molar-refractivity contribution in [2.75, 3.05) is 26.3 Å². The fourth-order valence-corrected chi connectivity index (χ4v) is 4.05. The molecule has 3 heterocycles. The Bertz CT molecular complexity index is 1150. The van der Waals surface area contributed by atoms with Crippen molar-refractivity contribution in [3.05, 3.63) is 78.6 Å². The van der Waals surface area contributed by atoms with Gasteiger partial charge < -0.3 is 14.1 Å². The number of nitrogens with zero attached hydrogens (tertiary/aromatic N) is 4. The molecule has 0 spiro atoms. The van der Waals surface area contributed by atoms with Gasteiger partial charge in [-0.3, -0.25) is 9.36 Å². The fraction of sp³-hybridized carbons (Fsp3) is 0.261. The van der Waals surface area contributed by atoms with Crippen LogP contribution in [0, 0.1) is 5.92 Å². The number of aromatic nitrogens is 3. The van der Waals surface area contributed by atoms with E-state index >= 15 is 0 Å². The zero-order valence-corrected chi connectivity index (χ0v) is 16.5. The molecule has 7 nitrogen and oxygen atoms in total. The van der Waals surface area contributed by atoms with Crippen LogP contribution in [0.2, 0.25) is 0 Å². The Labute approximate surface area is 173 Å². The summed E-state index contributed by atoms with van der Waals surface area (Å²) in [6.45, 7) is 2.42. The molecular weight excluding hydrogens is 380 g/mol. The number of hydrogen-bond donors (Lipinski definition) is 0. The molecule has 5 rings (SSSR count). The number of fused-ring (bicyclic) bond motifs is 1. The number of benzene rings is 2. The van der Waals surface area contributed by atoms with Gasteiger partial charge in [-0.1, -0.05) is 18.2 Å². The van der Waals surface area contributed by atoms with Crippen molar-refractivity contribution in [2.45, 2.75) is 6.42 Å². The van der Waals surface area contributed by atoms with E-state index in [2.05, 4.69) is 16.3 Å². The molecule has 2 aromatic carbocycles. The quantitative estimate of drug-likeness (QED) is 0.523. The summed E-state index contributed by atoms with van der Waals surface area (Å²) in [5.74, 6) is 0.236. The van der Waals surface area contributed by atoms with Crippen molar-refractivity contribution in [3.8, 4) is 5.69 Å². The third-order valence-corrected chi connectivity index (χ3v) is 5.53. The van der Waals surface area contributed by atoms with Gasteiger partial charge >= 0.3 is 0 Å². The molecule has 1 atom stereocenters.